The third-order valence-electron chi connectivity index (χ3n) is 4.73. The Balaban J connectivity index is 1.53. The minimum absolute atomic E-state index is 0.0178. The average Bonchev–Trinajstić information content (AvgIpc) is 3.16. The number of carbonyl (C=O) groups is 1. The minimum Gasteiger partial charge on any atom is -0.330 e. The largest absolute Gasteiger partial charge is 0.330 e. The van der Waals surface area contributed by atoms with Crippen molar-refractivity contribution in [3.05, 3.63) is 74.8 Å². The lowest BCUT2D eigenvalue weighted by molar-refractivity contribution is -0.118. The molecule has 4 rings (SSSR count). The summed E-state index contributed by atoms with van der Waals surface area (Å²) in [5, 5.41) is 0.460. The molecule has 1 fully saturated rings. The van der Waals surface area contributed by atoms with Crippen LogP contribution < -0.4 is 21.8 Å². The molecule has 0 bridgehead atoms. The van der Waals surface area contributed by atoms with Gasteiger partial charge >= 0.3 is 0 Å². The van der Waals surface area contributed by atoms with Gasteiger partial charge in [0.25, 0.3) is 11.5 Å². The molecule has 2 atom stereocenters. The van der Waals surface area contributed by atoms with Crippen molar-refractivity contribution in [2.24, 2.45) is 0 Å². The molecule has 8 heteroatoms. The number of fused-ring (bicyclic) bond motifs is 1. The number of carbonyl (C=O) groups excluding carboxylic acids is 1. The van der Waals surface area contributed by atoms with Gasteiger partial charge in [-0.1, -0.05) is 42.0 Å². The number of amides is 1. The fourth-order valence-electron chi connectivity index (χ4n) is 3.20. The van der Waals surface area contributed by atoms with Crippen LogP contribution in [-0.2, 0) is 4.79 Å². The molecule has 2 unspecified atom stereocenters. The zero-order valence-electron chi connectivity index (χ0n) is 14.7. The van der Waals surface area contributed by atoms with E-state index in [-0.39, 0.29) is 22.3 Å². The van der Waals surface area contributed by atoms with E-state index in [4.69, 9.17) is 12.2 Å². The number of nitrogens with one attached hydrogen (secondary N) is 4. The van der Waals surface area contributed by atoms with E-state index < -0.39 is 6.04 Å². The van der Waals surface area contributed by atoms with Crippen molar-refractivity contribution in [1.82, 2.24) is 20.5 Å². The summed E-state index contributed by atoms with van der Waals surface area (Å²) in [7, 11) is 0. The maximum Gasteiger partial charge on any atom is 0.281 e. The number of hydrogen-bond donors (Lipinski definition) is 4. The summed E-state index contributed by atoms with van der Waals surface area (Å²) >= 11 is 5.23. The Morgan fingerprint density at radius 2 is 1.89 bits per heavy atom. The van der Waals surface area contributed by atoms with Crippen LogP contribution in [0.3, 0.4) is 0 Å². The first kappa shape index (κ1) is 17.6. The van der Waals surface area contributed by atoms with E-state index in [0.29, 0.717) is 17.3 Å². The maximum absolute atomic E-state index is 12.7. The highest BCUT2D eigenvalue weighted by Gasteiger charge is 2.30. The number of H-pyrrole nitrogens is 1. The van der Waals surface area contributed by atoms with Crippen LogP contribution in [-0.4, -0.2) is 21.6 Å². The van der Waals surface area contributed by atoms with E-state index in [1.54, 1.807) is 18.2 Å². The zero-order chi connectivity index (χ0) is 19.0. The van der Waals surface area contributed by atoms with Crippen LogP contribution >= 0.6 is 12.2 Å². The highest BCUT2D eigenvalue weighted by molar-refractivity contribution is 7.71. The molecule has 1 aromatic heterocycles. The highest BCUT2D eigenvalue weighted by Crippen LogP contribution is 2.22. The van der Waals surface area contributed by atoms with Crippen molar-refractivity contribution < 1.29 is 4.79 Å². The molecule has 2 aromatic carbocycles. The van der Waals surface area contributed by atoms with Crippen molar-refractivity contribution in [2.45, 2.75) is 25.4 Å². The van der Waals surface area contributed by atoms with Crippen molar-refractivity contribution in [1.29, 1.82) is 0 Å². The predicted octanol–water partition coefficient (Wildman–Crippen LogP) is 2.05. The van der Waals surface area contributed by atoms with Crippen LogP contribution in [0.2, 0.25) is 0 Å². The first-order valence-electron chi connectivity index (χ1n) is 8.65. The van der Waals surface area contributed by atoms with Gasteiger partial charge in [-0.3, -0.25) is 15.0 Å². The van der Waals surface area contributed by atoms with Crippen LogP contribution in [0.25, 0.3) is 10.9 Å². The summed E-state index contributed by atoms with van der Waals surface area (Å²) in [5.74, 6) is -0.325. The summed E-state index contributed by atoms with van der Waals surface area (Å²) in [6.45, 7) is 2.03. The second-order valence-electron chi connectivity index (χ2n) is 6.63. The molecule has 0 spiro atoms. The molecule has 0 aliphatic carbocycles. The number of benzene rings is 2. The molecule has 27 heavy (non-hydrogen) atoms. The first-order chi connectivity index (χ1) is 13.0. The van der Waals surface area contributed by atoms with Crippen molar-refractivity contribution in [3.63, 3.8) is 0 Å². The molecule has 0 saturated carbocycles. The number of aromatic nitrogens is 2. The van der Waals surface area contributed by atoms with Crippen LogP contribution in [0.4, 0.5) is 0 Å². The zero-order valence-corrected chi connectivity index (χ0v) is 15.5. The lowest BCUT2D eigenvalue weighted by atomic mass is 10.0. The highest BCUT2D eigenvalue weighted by atomic mass is 32.1. The SMILES string of the molecule is Cc1ccc(C2CC(C(=O)Nn3c(=S)[nH]c4ccccc4c3=O)NN2)cc1. The molecule has 1 aliphatic heterocycles. The van der Waals surface area contributed by atoms with Gasteiger partial charge in [0.1, 0.15) is 6.04 Å². The number of rotatable bonds is 3. The van der Waals surface area contributed by atoms with E-state index >= 15 is 0 Å². The van der Waals surface area contributed by atoms with E-state index in [9.17, 15) is 9.59 Å². The van der Waals surface area contributed by atoms with Crippen LogP contribution in [0.15, 0.2) is 53.3 Å². The normalized spacial score (nSPS) is 19.3. The standard InChI is InChI=1S/C19H19N5O2S/c1-11-6-8-12(9-7-11)15-10-16(22-21-15)17(25)23-24-18(26)13-4-2-3-5-14(13)20-19(24)27/h2-9,15-16,21-22H,10H2,1H3,(H,20,27)(H,23,25). The molecule has 7 nitrogen and oxygen atoms in total. The lowest BCUT2D eigenvalue weighted by Crippen LogP contribution is -2.45. The molecule has 0 radical (unpaired) electrons. The topological polar surface area (TPSA) is 91.0 Å². The fraction of sp³-hybridized carbons (Fsp3) is 0.211. The van der Waals surface area contributed by atoms with E-state index in [2.05, 4.69) is 21.3 Å². The van der Waals surface area contributed by atoms with Crippen molar-refractivity contribution in [3.8, 4) is 0 Å². The number of aromatic amines is 1. The summed E-state index contributed by atoms with van der Waals surface area (Å²) in [4.78, 5) is 28.3. The molecule has 1 amide bonds. The number of hydrazine groups is 1. The Kier molecular flexibility index (Phi) is 4.61. The number of hydrogen-bond acceptors (Lipinski definition) is 5. The summed E-state index contributed by atoms with van der Waals surface area (Å²) in [5.41, 5.74) is 11.3. The predicted molar refractivity (Wildman–Crippen MR) is 106 cm³/mol. The van der Waals surface area contributed by atoms with Gasteiger partial charge in [-0.05, 0) is 43.3 Å². The van der Waals surface area contributed by atoms with E-state index in [1.165, 1.54) is 5.56 Å². The van der Waals surface area contributed by atoms with Gasteiger partial charge in [-0.15, -0.1) is 0 Å². The summed E-state index contributed by atoms with van der Waals surface area (Å²) in [6.07, 6.45) is 0.563. The number of para-hydroxylation sites is 1. The van der Waals surface area contributed by atoms with Crippen LogP contribution in [0.1, 0.15) is 23.6 Å². The van der Waals surface area contributed by atoms with Crippen LogP contribution in [0.5, 0.6) is 0 Å². The molecule has 3 aromatic rings. The summed E-state index contributed by atoms with van der Waals surface area (Å²) < 4.78 is 1.23. The Morgan fingerprint density at radius 1 is 1.15 bits per heavy atom. The van der Waals surface area contributed by atoms with E-state index in [1.807, 2.05) is 37.3 Å². The number of nitrogens with zero attached hydrogens (tertiary/aromatic N) is 1. The Labute approximate surface area is 160 Å². The first-order valence-corrected chi connectivity index (χ1v) is 9.06. The number of aryl methyl sites for hydroxylation is 1. The summed E-state index contributed by atoms with van der Waals surface area (Å²) in [6, 6.07) is 14.7. The molecule has 2 heterocycles. The van der Waals surface area contributed by atoms with Crippen molar-refractivity contribution in [2.75, 3.05) is 5.43 Å². The quantitative estimate of drug-likeness (QED) is 0.521. The average molecular weight is 381 g/mol. The van der Waals surface area contributed by atoms with Gasteiger partial charge in [-0.25, -0.2) is 10.9 Å². The second kappa shape index (κ2) is 7.07. The third-order valence-corrected chi connectivity index (χ3v) is 5.01. The van der Waals surface area contributed by atoms with Crippen LogP contribution in [0, 0.1) is 11.7 Å². The maximum atomic E-state index is 12.7. The fourth-order valence-corrected chi connectivity index (χ4v) is 3.44. The molecule has 1 aliphatic rings. The molecule has 138 valence electrons. The van der Waals surface area contributed by atoms with Gasteiger partial charge in [0.05, 0.1) is 10.9 Å². The smallest absolute Gasteiger partial charge is 0.281 e. The van der Waals surface area contributed by atoms with Gasteiger partial charge in [0.15, 0.2) is 4.77 Å². The van der Waals surface area contributed by atoms with Gasteiger partial charge in [0.2, 0.25) is 0 Å². The third kappa shape index (κ3) is 3.42. The minimum atomic E-state index is -0.482. The monoisotopic (exact) mass is 381 g/mol. The molecule has 4 N–H and O–H groups in total. The van der Waals surface area contributed by atoms with Gasteiger partial charge in [-0.2, -0.15) is 4.68 Å². The van der Waals surface area contributed by atoms with Gasteiger partial charge in [0, 0.05) is 6.04 Å². The van der Waals surface area contributed by atoms with E-state index in [0.717, 1.165) is 10.2 Å². The van der Waals surface area contributed by atoms with Crippen molar-refractivity contribution >= 4 is 29.0 Å². The molecular weight excluding hydrogens is 362 g/mol. The lowest BCUT2D eigenvalue weighted by Gasteiger charge is -2.13. The molecular formula is C19H19N5O2S. The Hall–Kier alpha value is -2.81. The second-order valence-corrected chi connectivity index (χ2v) is 7.02. The molecule has 1 saturated heterocycles. The Bertz CT molecular complexity index is 1120. The Morgan fingerprint density at radius 3 is 2.67 bits per heavy atom. The van der Waals surface area contributed by atoms with Gasteiger partial charge < -0.3 is 4.98 Å².